The van der Waals surface area contributed by atoms with Gasteiger partial charge >= 0.3 is 12.1 Å². The number of fused-ring (bicyclic) bond motifs is 3. The molecule has 0 bridgehead atoms. The van der Waals surface area contributed by atoms with Crippen LogP contribution in [0.25, 0.3) is 10.2 Å². The molecule has 13 heteroatoms. The van der Waals surface area contributed by atoms with E-state index in [1.165, 1.54) is 28.4 Å². The van der Waals surface area contributed by atoms with Crippen LogP contribution in [0.2, 0.25) is 0 Å². The first-order valence-electron chi connectivity index (χ1n) is 15.8. The molecule has 3 N–H and O–H groups in total. The molecule has 2 aliphatic heterocycles. The van der Waals surface area contributed by atoms with Gasteiger partial charge in [0.05, 0.1) is 22.3 Å². The van der Waals surface area contributed by atoms with E-state index >= 15 is 0 Å². The maximum absolute atomic E-state index is 14.3. The fourth-order valence-electron chi connectivity index (χ4n) is 6.95. The molecule has 1 saturated carbocycles. The number of aromatic nitrogens is 1. The lowest BCUT2D eigenvalue weighted by molar-refractivity contribution is -0.145. The first-order chi connectivity index (χ1) is 21.9. The number of anilines is 1. The molecule has 6 atom stereocenters. The molecule has 2 aromatic carbocycles. The largest absolute Gasteiger partial charge is 0.479 e. The third-order valence-corrected chi connectivity index (χ3v) is 10.5. The number of hydrogen-bond donors (Lipinski definition) is 3. The summed E-state index contributed by atoms with van der Waals surface area (Å²) < 4.78 is 47.6. The number of carboxylic acid groups (broad SMARTS) is 1. The first-order valence-corrected chi connectivity index (χ1v) is 16.6. The van der Waals surface area contributed by atoms with Gasteiger partial charge in [-0.25, -0.2) is 9.78 Å². The molecule has 9 nitrogen and oxygen atoms in total. The van der Waals surface area contributed by atoms with Crippen molar-refractivity contribution in [2.24, 2.45) is 11.8 Å². The van der Waals surface area contributed by atoms with Crippen LogP contribution in [0.5, 0.6) is 5.19 Å². The number of carbonyl (C=O) groups excluding carboxylic acids is 2. The molecule has 246 valence electrons. The number of amides is 2. The molecule has 3 heterocycles. The minimum Gasteiger partial charge on any atom is -0.479 e. The zero-order valence-corrected chi connectivity index (χ0v) is 26.2. The van der Waals surface area contributed by atoms with Crippen molar-refractivity contribution in [1.82, 2.24) is 15.2 Å². The Morgan fingerprint density at radius 1 is 1.11 bits per heavy atom. The van der Waals surface area contributed by atoms with Gasteiger partial charge in [0.2, 0.25) is 11.8 Å². The van der Waals surface area contributed by atoms with Crippen LogP contribution in [-0.2, 0) is 20.6 Å². The summed E-state index contributed by atoms with van der Waals surface area (Å²) in [7, 11) is 0. The van der Waals surface area contributed by atoms with E-state index < -0.39 is 53.2 Å². The van der Waals surface area contributed by atoms with Gasteiger partial charge in [-0.1, -0.05) is 68.6 Å². The second kappa shape index (κ2) is 12.7. The predicted molar refractivity (Wildman–Crippen MR) is 166 cm³/mol. The van der Waals surface area contributed by atoms with Crippen LogP contribution in [0.1, 0.15) is 63.9 Å². The molecule has 0 radical (unpaired) electrons. The zero-order valence-electron chi connectivity index (χ0n) is 25.4. The number of rotatable bonds is 5. The highest BCUT2D eigenvalue weighted by atomic mass is 32.1. The van der Waals surface area contributed by atoms with Crippen molar-refractivity contribution in [3.63, 3.8) is 0 Å². The van der Waals surface area contributed by atoms with E-state index in [4.69, 9.17) is 4.74 Å². The Hall–Kier alpha value is -3.87. The van der Waals surface area contributed by atoms with E-state index in [0.717, 1.165) is 48.0 Å². The van der Waals surface area contributed by atoms with Gasteiger partial charge in [-0.05, 0) is 55.0 Å². The molecule has 46 heavy (non-hydrogen) atoms. The van der Waals surface area contributed by atoms with E-state index in [0.29, 0.717) is 24.5 Å². The van der Waals surface area contributed by atoms with Crippen molar-refractivity contribution in [3.05, 3.63) is 54.1 Å². The number of thiazole rings is 1. The number of para-hydroxylation sites is 1. The van der Waals surface area contributed by atoms with Crippen molar-refractivity contribution >= 4 is 45.0 Å². The van der Waals surface area contributed by atoms with Crippen LogP contribution in [0.15, 0.2) is 48.5 Å². The highest BCUT2D eigenvalue weighted by molar-refractivity contribution is 7.20. The molecule has 3 aliphatic rings. The lowest BCUT2D eigenvalue weighted by Gasteiger charge is -2.30. The smallest absolute Gasteiger partial charge is 0.416 e. The van der Waals surface area contributed by atoms with Crippen molar-refractivity contribution < 1.29 is 37.4 Å². The van der Waals surface area contributed by atoms with E-state index in [1.807, 2.05) is 31.2 Å². The normalized spacial score (nSPS) is 29.2. The number of nitrogens with one attached hydrogen (secondary N) is 2. The lowest BCUT2D eigenvalue weighted by atomic mass is 9.94. The quantitative estimate of drug-likeness (QED) is 0.303. The second-order valence-corrected chi connectivity index (χ2v) is 13.7. The molecule has 1 unspecified atom stereocenters. The molecule has 1 aliphatic carbocycles. The molecule has 6 rings (SSSR count). The average molecular weight is 659 g/mol. The van der Waals surface area contributed by atoms with Gasteiger partial charge in [-0.2, -0.15) is 13.2 Å². The van der Waals surface area contributed by atoms with Gasteiger partial charge in [-0.3, -0.25) is 9.59 Å². The van der Waals surface area contributed by atoms with Crippen molar-refractivity contribution in [2.45, 2.75) is 88.2 Å². The Morgan fingerprint density at radius 2 is 1.87 bits per heavy atom. The molecule has 2 saturated heterocycles. The summed E-state index contributed by atoms with van der Waals surface area (Å²) in [6.07, 6.45) is -0.364. The maximum atomic E-state index is 14.3. The summed E-state index contributed by atoms with van der Waals surface area (Å²) in [4.78, 5) is 46.6. The number of halogens is 3. The van der Waals surface area contributed by atoms with E-state index in [2.05, 4.69) is 15.6 Å². The predicted octanol–water partition coefficient (Wildman–Crippen LogP) is 6.09. The third-order valence-electron chi connectivity index (χ3n) is 9.55. The summed E-state index contributed by atoms with van der Waals surface area (Å²) in [6, 6.07) is 10.3. The highest BCUT2D eigenvalue weighted by Crippen LogP contribution is 2.50. The van der Waals surface area contributed by atoms with Gasteiger partial charge in [0.15, 0.2) is 0 Å². The fourth-order valence-corrected chi connectivity index (χ4v) is 7.83. The summed E-state index contributed by atoms with van der Waals surface area (Å²) in [5.74, 6) is -2.24. The van der Waals surface area contributed by atoms with Gasteiger partial charge in [0.25, 0.3) is 5.19 Å². The molecular weight excluding hydrogens is 621 g/mol. The van der Waals surface area contributed by atoms with Crippen LogP contribution >= 0.6 is 11.3 Å². The Balaban J connectivity index is 1.30. The summed E-state index contributed by atoms with van der Waals surface area (Å²) in [5.41, 5.74) is -1.33. The van der Waals surface area contributed by atoms with E-state index in [9.17, 15) is 32.7 Å². The topological polar surface area (TPSA) is 121 Å². The number of aliphatic carboxylic acids is 1. The number of alkyl halides is 3. The second-order valence-electron chi connectivity index (χ2n) is 12.8. The Morgan fingerprint density at radius 3 is 2.61 bits per heavy atom. The van der Waals surface area contributed by atoms with Gasteiger partial charge in [0, 0.05) is 12.1 Å². The highest BCUT2D eigenvalue weighted by Gasteiger charge is 2.64. The first kappa shape index (κ1) is 32.1. The van der Waals surface area contributed by atoms with Gasteiger partial charge in [-0.15, -0.1) is 0 Å². The van der Waals surface area contributed by atoms with E-state index in [1.54, 1.807) is 0 Å². The van der Waals surface area contributed by atoms with Gasteiger partial charge in [0.1, 0.15) is 23.7 Å². The minimum absolute atomic E-state index is 0.0352. The van der Waals surface area contributed by atoms with Crippen LogP contribution in [0.3, 0.4) is 0 Å². The summed E-state index contributed by atoms with van der Waals surface area (Å²) in [6.45, 7) is 2.05. The van der Waals surface area contributed by atoms with Crippen molar-refractivity contribution in [2.75, 3.05) is 11.9 Å². The number of nitrogens with zero attached hydrogens (tertiary/aromatic N) is 2. The molecular formula is C33H37F3N4O5S. The molecule has 1 aromatic heterocycles. The minimum atomic E-state index is -4.55. The number of carboxylic acids is 1. The summed E-state index contributed by atoms with van der Waals surface area (Å²) >= 11 is 1.34. The Kier molecular flexibility index (Phi) is 8.88. The monoisotopic (exact) mass is 658 g/mol. The zero-order chi connectivity index (χ0) is 32.6. The number of hydrogen-bond acceptors (Lipinski definition) is 7. The van der Waals surface area contributed by atoms with Gasteiger partial charge < -0.3 is 25.4 Å². The lowest BCUT2D eigenvalue weighted by Crippen LogP contribution is -2.55. The van der Waals surface area contributed by atoms with Crippen molar-refractivity contribution in [3.8, 4) is 5.19 Å². The standard InChI is InChI=1S/C33H37F3N4O5S/c1-19-9-4-2-3-5-13-25(37-21-11-8-10-20(15-21)33(34,35)36)29(42)40-18-22(45-31-38-24-12-6-7-14-27(24)46-31)16-26(40)28(41)39-32(30(43)44)17-23(19)32/h6-8,10-12,14-15,19,22-23,25-26,37H,2-5,9,13,16-18H2,1H3,(H,39,41)(H,43,44)/t19?,22-,23+,25+,26+,32-/m1/s1. The number of ether oxygens (including phenoxy) is 1. The molecule has 0 spiro atoms. The van der Waals surface area contributed by atoms with E-state index in [-0.39, 0.29) is 30.5 Å². The van der Waals surface area contributed by atoms with Crippen LogP contribution in [0.4, 0.5) is 18.9 Å². The maximum Gasteiger partial charge on any atom is 0.416 e. The van der Waals surface area contributed by atoms with Crippen molar-refractivity contribution in [1.29, 1.82) is 0 Å². The molecule has 3 aromatic rings. The SMILES string of the molecule is CC1CCCCCC[C@H](Nc2cccc(C(F)(F)F)c2)C(=O)N2C[C@H](Oc3nc4ccccc4s3)C[C@H]2C(=O)N[C@]2(C(=O)O)C[C@@H]12. The average Bonchev–Trinajstić information content (AvgIpc) is 3.37. The van der Waals surface area contributed by atoms with Crippen LogP contribution < -0.4 is 15.4 Å². The van der Waals surface area contributed by atoms with Crippen LogP contribution in [-0.4, -0.2) is 63.0 Å². The Labute approximate surface area is 268 Å². The number of benzene rings is 2. The summed E-state index contributed by atoms with van der Waals surface area (Å²) in [5, 5.41) is 16.4. The fraction of sp³-hybridized carbons (Fsp3) is 0.515. The Bertz CT molecular complexity index is 1580. The molecule has 3 fully saturated rings. The van der Waals surface area contributed by atoms with Crippen LogP contribution in [0, 0.1) is 11.8 Å². The third kappa shape index (κ3) is 6.65. The number of carbonyl (C=O) groups is 3. The molecule has 2 amide bonds.